The van der Waals surface area contributed by atoms with Gasteiger partial charge in [-0.2, -0.15) is 4.98 Å². The van der Waals surface area contributed by atoms with Crippen molar-refractivity contribution in [3.63, 3.8) is 0 Å². The standard InChI is InChI=1S/C24H27N7O2/c1-14-12-31(13-15(2)27-14)19-8-6-17(21-22(19)26-10-9-25-21)23(32)28-16-5-7-18-20(11-16)33-24(29-18)30(3)4/h5-11,14-15,27H,12-13H2,1-4H3,(H,28,32)/t14-,15-/m1/s1. The molecule has 2 atom stereocenters. The van der Waals surface area contributed by atoms with Gasteiger partial charge in [0.15, 0.2) is 5.58 Å². The Kier molecular flexibility index (Phi) is 5.33. The molecule has 2 aromatic carbocycles. The van der Waals surface area contributed by atoms with E-state index in [2.05, 4.69) is 44.3 Å². The Hall–Kier alpha value is -3.72. The number of amides is 1. The zero-order valence-electron chi connectivity index (χ0n) is 19.2. The van der Waals surface area contributed by atoms with Crippen molar-refractivity contribution >= 4 is 45.4 Å². The van der Waals surface area contributed by atoms with Gasteiger partial charge in [0.1, 0.15) is 16.6 Å². The highest BCUT2D eigenvalue weighted by Gasteiger charge is 2.24. The lowest BCUT2D eigenvalue weighted by molar-refractivity contribution is 0.102. The smallest absolute Gasteiger partial charge is 0.297 e. The number of hydrogen-bond acceptors (Lipinski definition) is 8. The van der Waals surface area contributed by atoms with Crippen LogP contribution >= 0.6 is 0 Å². The number of carbonyl (C=O) groups excluding carboxylic acids is 1. The van der Waals surface area contributed by atoms with Crippen LogP contribution in [0, 0.1) is 0 Å². The fourth-order valence-electron chi connectivity index (χ4n) is 4.38. The molecule has 4 aromatic rings. The summed E-state index contributed by atoms with van der Waals surface area (Å²) in [5.41, 5.74) is 4.75. The van der Waals surface area contributed by atoms with E-state index in [0.717, 1.165) is 29.8 Å². The molecule has 2 N–H and O–H groups in total. The quantitative estimate of drug-likeness (QED) is 0.494. The fraction of sp³-hybridized carbons (Fsp3) is 0.333. The molecule has 3 heterocycles. The lowest BCUT2D eigenvalue weighted by Gasteiger charge is -2.38. The van der Waals surface area contributed by atoms with Crippen molar-refractivity contribution in [2.24, 2.45) is 0 Å². The molecule has 0 bridgehead atoms. The molecule has 2 aromatic heterocycles. The number of anilines is 3. The molecule has 9 heteroatoms. The SMILES string of the molecule is C[C@@H]1CN(c2ccc(C(=O)Nc3ccc4nc(N(C)C)oc4c3)c3nccnc23)C[C@@H](C)N1. The average Bonchev–Trinajstić information content (AvgIpc) is 3.21. The van der Waals surface area contributed by atoms with E-state index in [0.29, 0.717) is 40.4 Å². The monoisotopic (exact) mass is 445 g/mol. The number of nitrogens with one attached hydrogen (secondary N) is 2. The molecule has 0 saturated carbocycles. The van der Waals surface area contributed by atoms with Gasteiger partial charge in [-0.25, -0.2) is 0 Å². The van der Waals surface area contributed by atoms with Crippen LogP contribution in [0.2, 0.25) is 0 Å². The first-order valence-electron chi connectivity index (χ1n) is 11.0. The van der Waals surface area contributed by atoms with Crippen LogP contribution in [0.1, 0.15) is 24.2 Å². The first kappa shape index (κ1) is 21.1. The van der Waals surface area contributed by atoms with E-state index in [1.165, 1.54) is 0 Å². The third-order valence-electron chi connectivity index (χ3n) is 5.76. The van der Waals surface area contributed by atoms with Crippen molar-refractivity contribution in [3.05, 3.63) is 48.3 Å². The van der Waals surface area contributed by atoms with Crippen LogP contribution in [0.25, 0.3) is 22.1 Å². The van der Waals surface area contributed by atoms with Gasteiger partial charge in [0.25, 0.3) is 11.9 Å². The molecule has 33 heavy (non-hydrogen) atoms. The first-order chi connectivity index (χ1) is 15.9. The van der Waals surface area contributed by atoms with E-state index in [4.69, 9.17) is 4.42 Å². The number of hydrogen-bond donors (Lipinski definition) is 2. The fourth-order valence-corrected chi connectivity index (χ4v) is 4.38. The van der Waals surface area contributed by atoms with E-state index in [-0.39, 0.29) is 5.91 Å². The largest absolute Gasteiger partial charge is 0.423 e. The van der Waals surface area contributed by atoms with Gasteiger partial charge >= 0.3 is 0 Å². The Balaban J connectivity index is 1.46. The van der Waals surface area contributed by atoms with Gasteiger partial charge in [-0.1, -0.05) is 0 Å². The Labute approximate surface area is 191 Å². The Morgan fingerprint density at radius 1 is 1.09 bits per heavy atom. The maximum Gasteiger partial charge on any atom is 0.297 e. The second kappa shape index (κ2) is 8.32. The third-order valence-corrected chi connectivity index (χ3v) is 5.76. The molecule has 1 saturated heterocycles. The van der Waals surface area contributed by atoms with Crippen LogP contribution in [-0.2, 0) is 0 Å². The van der Waals surface area contributed by atoms with Crippen LogP contribution in [0.5, 0.6) is 0 Å². The van der Waals surface area contributed by atoms with Crippen molar-refractivity contribution in [1.29, 1.82) is 0 Å². The summed E-state index contributed by atoms with van der Waals surface area (Å²) in [6, 6.07) is 10.5. The van der Waals surface area contributed by atoms with E-state index in [1.54, 1.807) is 23.4 Å². The molecule has 9 nitrogen and oxygen atoms in total. The molecule has 0 unspecified atom stereocenters. The summed E-state index contributed by atoms with van der Waals surface area (Å²) in [7, 11) is 3.73. The second-order valence-electron chi connectivity index (χ2n) is 8.79. The van der Waals surface area contributed by atoms with Crippen LogP contribution < -0.4 is 20.4 Å². The van der Waals surface area contributed by atoms with Crippen molar-refractivity contribution in [3.8, 4) is 0 Å². The van der Waals surface area contributed by atoms with Crippen molar-refractivity contribution in [2.45, 2.75) is 25.9 Å². The topological polar surface area (TPSA) is 99.4 Å². The minimum atomic E-state index is -0.249. The minimum absolute atomic E-state index is 0.249. The van der Waals surface area contributed by atoms with Crippen molar-refractivity contribution in [1.82, 2.24) is 20.3 Å². The lowest BCUT2D eigenvalue weighted by Crippen LogP contribution is -2.54. The maximum atomic E-state index is 13.2. The van der Waals surface area contributed by atoms with Gasteiger partial charge in [-0.05, 0) is 38.1 Å². The number of oxazole rings is 1. The van der Waals surface area contributed by atoms with Gasteiger partial charge in [-0.15, -0.1) is 0 Å². The number of fused-ring (bicyclic) bond motifs is 2. The molecule has 0 spiro atoms. The van der Waals surface area contributed by atoms with Crippen LogP contribution in [0.4, 0.5) is 17.4 Å². The molecule has 0 radical (unpaired) electrons. The number of carbonyl (C=O) groups is 1. The predicted octanol–water partition coefficient (Wildman–Crippen LogP) is 3.28. The summed E-state index contributed by atoms with van der Waals surface area (Å²) in [6.45, 7) is 6.08. The summed E-state index contributed by atoms with van der Waals surface area (Å²) >= 11 is 0. The predicted molar refractivity (Wildman–Crippen MR) is 130 cm³/mol. The van der Waals surface area contributed by atoms with Gasteiger partial charge in [0.05, 0.1) is 11.3 Å². The highest BCUT2D eigenvalue weighted by atomic mass is 16.4. The van der Waals surface area contributed by atoms with Crippen LogP contribution in [-0.4, -0.2) is 60.1 Å². The summed E-state index contributed by atoms with van der Waals surface area (Å²) in [4.78, 5) is 30.8. The number of benzene rings is 2. The van der Waals surface area contributed by atoms with Crippen molar-refractivity contribution < 1.29 is 9.21 Å². The number of nitrogens with zero attached hydrogens (tertiary/aromatic N) is 5. The van der Waals surface area contributed by atoms with E-state index < -0.39 is 0 Å². The normalized spacial score (nSPS) is 18.6. The van der Waals surface area contributed by atoms with E-state index in [1.807, 2.05) is 38.4 Å². The zero-order valence-corrected chi connectivity index (χ0v) is 19.2. The highest BCUT2D eigenvalue weighted by molar-refractivity contribution is 6.13. The van der Waals surface area contributed by atoms with E-state index >= 15 is 0 Å². The molecule has 1 fully saturated rings. The van der Waals surface area contributed by atoms with Crippen LogP contribution in [0.3, 0.4) is 0 Å². The molecule has 1 aliphatic heterocycles. The molecule has 5 rings (SSSR count). The Morgan fingerprint density at radius 3 is 2.55 bits per heavy atom. The van der Waals surface area contributed by atoms with E-state index in [9.17, 15) is 4.79 Å². The maximum absolute atomic E-state index is 13.2. The van der Waals surface area contributed by atoms with Gasteiger partial charge in [0.2, 0.25) is 0 Å². The van der Waals surface area contributed by atoms with Gasteiger partial charge in [-0.3, -0.25) is 14.8 Å². The molecule has 0 aliphatic carbocycles. The molecule has 1 aliphatic rings. The summed E-state index contributed by atoms with van der Waals surface area (Å²) in [5.74, 6) is -0.249. The number of aromatic nitrogens is 3. The first-order valence-corrected chi connectivity index (χ1v) is 11.0. The van der Waals surface area contributed by atoms with Gasteiger partial charge in [0, 0.05) is 63.4 Å². The second-order valence-corrected chi connectivity index (χ2v) is 8.79. The average molecular weight is 446 g/mol. The molecular weight excluding hydrogens is 418 g/mol. The summed E-state index contributed by atoms with van der Waals surface area (Å²) in [6.07, 6.45) is 3.29. The number of piperazine rings is 1. The van der Waals surface area contributed by atoms with Crippen molar-refractivity contribution in [2.75, 3.05) is 42.3 Å². The van der Waals surface area contributed by atoms with Gasteiger partial charge < -0.3 is 24.9 Å². The summed E-state index contributed by atoms with van der Waals surface area (Å²) < 4.78 is 5.76. The van der Waals surface area contributed by atoms with Crippen LogP contribution in [0.15, 0.2) is 47.1 Å². The lowest BCUT2D eigenvalue weighted by atomic mass is 10.1. The highest BCUT2D eigenvalue weighted by Crippen LogP contribution is 2.29. The molecule has 170 valence electrons. The summed E-state index contributed by atoms with van der Waals surface area (Å²) in [5, 5.41) is 6.51. The minimum Gasteiger partial charge on any atom is -0.423 e. The Morgan fingerprint density at radius 2 is 1.82 bits per heavy atom. The Bertz CT molecular complexity index is 1320. The molecule has 1 amide bonds. The third kappa shape index (κ3) is 4.07. The number of rotatable bonds is 4. The molecular formula is C24H27N7O2. The zero-order chi connectivity index (χ0) is 23.1.